The normalized spacial score (nSPS) is 13.5. The van der Waals surface area contributed by atoms with Crippen LogP contribution in [0.5, 0.6) is 0 Å². The molecule has 1 aromatic rings. The monoisotopic (exact) mass is 214 g/mol. The minimum atomic E-state index is -3.03. The number of rotatable bonds is 4. The average molecular weight is 214 g/mol. The minimum Gasteiger partial charge on any atom is -0.481 e. The molecule has 4 heteroatoms. The summed E-state index contributed by atoms with van der Waals surface area (Å²) in [5, 5.41) is 8.58. The Kier molecular flexibility index (Phi) is 3.39. The molecule has 1 N–H and O–H groups in total. The first-order valence-electron chi connectivity index (χ1n) is 4.56. The van der Waals surface area contributed by atoms with E-state index in [0.29, 0.717) is 5.56 Å². The van der Waals surface area contributed by atoms with Gasteiger partial charge < -0.3 is 5.11 Å². The van der Waals surface area contributed by atoms with Gasteiger partial charge in [-0.05, 0) is 12.5 Å². The van der Waals surface area contributed by atoms with Crippen molar-refractivity contribution in [3.05, 3.63) is 35.9 Å². The number of benzene rings is 1. The smallest absolute Gasteiger partial charge is 0.304 e. The first-order chi connectivity index (χ1) is 6.91. The van der Waals surface area contributed by atoms with Gasteiger partial charge in [-0.2, -0.15) is 0 Å². The Hall–Kier alpha value is -1.45. The summed E-state index contributed by atoms with van der Waals surface area (Å²) in [7, 11) is 0. The molecule has 2 nitrogen and oxygen atoms in total. The van der Waals surface area contributed by atoms with Crippen LogP contribution in [0.1, 0.15) is 24.8 Å². The number of alkyl halides is 2. The Morgan fingerprint density at radius 3 is 2.33 bits per heavy atom. The van der Waals surface area contributed by atoms with E-state index in [2.05, 4.69) is 0 Å². The molecule has 0 spiro atoms. The predicted octanol–water partition coefficient (Wildman–Crippen LogP) is 2.90. The third-order valence-corrected chi connectivity index (χ3v) is 2.19. The molecule has 0 radical (unpaired) electrons. The summed E-state index contributed by atoms with van der Waals surface area (Å²) in [5.74, 6) is -5.51. The third-order valence-electron chi connectivity index (χ3n) is 2.19. The van der Waals surface area contributed by atoms with Crippen molar-refractivity contribution in [3.8, 4) is 0 Å². The van der Waals surface area contributed by atoms with Gasteiger partial charge in [0.05, 0.1) is 12.3 Å². The standard InChI is InChI=1S/C11H12F2O2/c1-11(12,13)9(7-10(14)15)8-5-3-2-4-6-8/h2-6,9H,7H2,1H3,(H,14,15). The lowest BCUT2D eigenvalue weighted by Gasteiger charge is -2.22. The Morgan fingerprint density at radius 1 is 1.40 bits per heavy atom. The highest BCUT2D eigenvalue weighted by atomic mass is 19.3. The Labute approximate surface area is 86.5 Å². The summed E-state index contributed by atoms with van der Waals surface area (Å²) in [4.78, 5) is 10.5. The van der Waals surface area contributed by atoms with Gasteiger partial charge in [-0.15, -0.1) is 0 Å². The topological polar surface area (TPSA) is 37.3 Å². The molecule has 0 aliphatic heterocycles. The van der Waals surface area contributed by atoms with Crippen molar-refractivity contribution in [2.24, 2.45) is 0 Å². The lowest BCUT2D eigenvalue weighted by Crippen LogP contribution is -2.24. The molecule has 1 rings (SSSR count). The van der Waals surface area contributed by atoms with E-state index in [4.69, 9.17) is 5.11 Å². The van der Waals surface area contributed by atoms with Gasteiger partial charge in [0.25, 0.3) is 5.92 Å². The van der Waals surface area contributed by atoms with E-state index in [1.165, 1.54) is 12.1 Å². The zero-order chi connectivity index (χ0) is 11.5. The molecule has 1 atom stereocenters. The minimum absolute atomic E-state index is 0.354. The van der Waals surface area contributed by atoms with Crippen molar-refractivity contribution in [1.82, 2.24) is 0 Å². The first kappa shape index (κ1) is 11.6. The van der Waals surface area contributed by atoms with Crippen LogP contribution in [0.4, 0.5) is 8.78 Å². The van der Waals surface area contributed by atoms with E-state index in [0.717, 1.165) is 6.92 Å². The molecular weight excluding hydrogens is 202 g/mol. The second-order valence-corrected chi connectivity index (χ2v) is 3.52. The molecule has 0 aromatic heterocycles. The SMILES string of the molecule is CC(F)(F)C(CC(=O)O)c1ccccc1. The second-order valence-electron chi connectivity index (χ2n) is 3.52. The van der Waals surface area contributed by atoms with Crippen LogP contribution in [0.15, 0.2) is 30.3 Å². The lowest BCUT2D eigenvalue weighted by molar-refractivity contribution is -0.140. The quantitative estimate of drug-likeness (QED) is 0.836. The zero-order valence-electron chi connectivity index (χ0n) is 8.28. The molecule has 15 heavy (non-hydrogen) atoms. The van der Waals surface area contributed by atoms with Crippen molar-refractivity contribution in [1.29, 1.82) is 0 Å². The van der Waals surface area contributed by atoms with Gasteiger partial charge in [-0.3, -0.25) is 4.79 Å². The molecule has 0 heterocycles. The van der Waals surface area contributed by atoms with E-state index < -0.39 is 24.2 Å². The maximum absolute atomic E-state index is 13.2. The van der Waals surface area contributed by atoms with Crippen molar-refractivity contribution in [2.45, 2.75) is 25.2 Å². The molecule has 0 fully saturated rings. The number of aliphatic carboxylic acids is 1. The second kappa shape index (κ2) is 4.38. The molecule has 0 aliphatic rings. The van der Waals surface area contributed by atoms with E-state index in [9.17, 15) is 13.6 Å². The highest BCUT2D eigenvalue weighted by Gasteiger charge is 2.36. The summed E-state index contributed by atoms with van der Waals surface area (Å²) in [6.07, 6.45) is -0.562. The van der Waals surface area contributed by atoms with Crippen LogP contribution in [0.3, 0.4) is 0 Å². The molecule has 0 saturated carbocycles. The molecule has 1 unspecified atom stereocenters. The summed E-state index contributed by atoms with van der Waals surface area (Å²) >= 11 is 0. The van der Waals surface area contributed by atoms with E-state index in [-0.39, 0.29) is 0 Å². The largest absolute Gasteiger partial charge is 0.481 e. The van der Waals surface area contributed by atoms with Gasteiger partial charge in [-0.25, -0.2) is 8.78 Å². The van der Waals surface area contributed by atoms with Gasteiger partial charge in [0.15, 0.2) is 0 Å². The van der Waals surface area contributed by atoms with Crippen molar-refractivity contribution in [3.63, 3.8) is 0 Å². The zero-order valence-corrected chi connectivity index (χ0v) is 8.28. The molecule has 0 amide bonds. The fourth-order valence-electron chi connectivity index (χ4n) is 1.45. The Bertz CT molecular complexity index is 330. The maximum atomic E-state index is 13.2. The lowest BCUT2D eigenvalue weighted by atomic mass is 9.90. The number of carboxylic acid groups (broad SMARTS) is 1. The molecule has 1 aromatic carbocycles. The van der Waals surface area contributed by atoms with Crippen molar-refractivity contribution >= 4 is 5.97 Å². The van der Waals surface area contributed by atoms with Gasteiger partial charge in [-0.1, -0.05) is 30.3 Å². The van der Waals surface area contributed by atoms with Crippen LogP contribution in [0.25, 0.3) is 0 Å². The van der Waals surface area contributed by atoms with Crippen LogP contribution in [0, 0.1) is 0 Å². The van der Waals surface area contributed by atoms with Crippen LogP contribution >= 0.6 is 0 Å². The number of hydrogen-bond acceptors (Lipinski definition) is 1. The number of halogens is 2. The van der Waals surface area contributed by atoms with Crippen LogP contribution in [-0.2, 0) is 4.79 Å². The third kappa shape index (κ3) is 3.31. The summed E-state index contributed by atoms with van der Waals surface area (Å²) in [6, 6.07) is 7.98. The van der Waals surface area contributed by atoms with Crippen LogP contribution in [-0.4, -0.2) is 17.0 Å². The van der Waals surface area contributed by atoms with Crippen LogP contribution < -0.4 is 0 Å². The van der Waals surface area contributed by atoms with Crippen LogP contribution in [0.2, 0.25) is 0 Å². The highest BCUT2D eigenvalue weighted by Crippen LogP contribution is 2.35. The van der Waals surface area contributed by atoms with E-state index >= 15 is 0 Å². The average Bonchev–Trinajstić information content (AvgIpc) is 2.14. The molecule has 0 saturated heterocycles. The summed E-state index contributed by atoms with van der Waals surface area (Å²) < 4.78 is 26.3. The van der Waals surface area contributed by atoms with E-state index in [1.807, 2.05) is 0 Å². The van der Waals surface area contributed by atoms with Gasteiger partial charge in [0.2, 0.25) is 0 Å². The number of carboxylic acids is 1. The maximum Gasteiger partial charge on any atom is 0.304 e. The Balaban J connectivity index is 2.97. The van der Waals surface area contributed by atoms with Gasteiger partial charge >= 0.3 is 5.97 Å². The van der Waals surface area contributed by atoms with Crippen molar-refractivity contribution < 1.29 is 18.7 Å². The van der Waals surface area contributed by atoms with Gasteiger partial charge in [0.1, 0.15) is 0 Å². The first-order valence-corrected chi connectivity index (χ1v) is 4.56. The Morgan fingerprint density at radius 2 is 1.93 bits per heavy atom. The predicted molar refractivity (Wildman–Crippen MR) is 52.1 cm³/mol. The molecular formula is C11H12F2O2. The summed E-state index contributed by atoms with van der Waals surface area (Å²) in [6.45, 7) is 0.744. The number of hydrogen-bond donors (Lipinski definition) is 1. The molecule has 0 aliphatic carbocycles. The highest BCUT2D eigenvalue weighted by molar-refractivity contribution is 5.68. The molecule has 0 bridgehead atoms. The van der Waals surface area contributed by atoms with Crippen molar-refractivity contribution in [2.75, 3.05) is 0 Å². The fourth-order valence-corrected chi connectivity index (χ4v) is 1.45. The van der Waals surface area contributed by atoms with Gasteiger partial charge in [0, 0.05) is 0 Å². The fraction of sp³-hybridized carbons (Fsp3) is 0.364. The van der Waals surface area contributed by atoms with E-state index in [1.54, 1.807) is 18.2 Å². The molecule has 82 valence electrons. The summed E-state index contributed by atoms with van der Waals surface area (Å²) in [5.41, 5.74) is 0.354. The number of carbonyl (C=O) groups is 1.